The van der Waals surface area contributed by atoms with Crippen LogP contribution in [0.2, 0.25) is 0 Å². The van der Waals surface area contributed by atoms with E-state index in [0.717, 1.165) is 25.9 Å². The van der Waals surface area contributed by atoms with Crippen molar-refractivity contribution in [3.8, 4) is 11.8 Å². The van der Waals surface area contributed by atoms with E-state index in [0.29, 0.717) is 16.6 Å². The average Bonchev–Trinajstić information content (AvgIpc) is 2.85. The average molecular weight is 250 g/mol. The summed E-state index contributed by atoms with van der Waals surface area (Å²) in [6, 6.07) is 0. The van der Waals surface area contributed by atoms with Gasteiger partial charge in [-0.2, -0.15) is 0 Å². The molecule has 0 bridgehead atoms. The molecule has 1 saturated heterocycles. The Morgan fingerprint density at radius 1 is 1.59 bits per heavy atom. The van der Waals surface area contributed by atoms with Crippen molar-refractivity contribution >= 4 is 17.3 Å². The number of carbonyl (C=O) groups is 1. The van der Waals surface area contributed by atoms with Gasteiger partial charge in [0.15, 0.2) is 0 Å². The maximum atomic E-state index is 11.2. The Hall–Kier alpha value is -1.38. The van der Waals surface area contributed by atoms with Crippen LogP contribution >= 0.6 is 11.3 Å². The third-order valence-electron chi connectivity index (χ3n) is 2.61. The van der Waals surface area contributed by atoms with Crippen molar-refractivity contribution < 1.29 is 9.53 Å². The number of esters is 1. The Labute approximate surface area is 104 Å². The van der Waals surface area contributed by atoms with Gasteiger partial charge in [0.25, 0.3) is 0 Å². The first-order chi connectivity index (χ1) is 8.29. The smallest absolute Gasteiger partial charge is 0.367 e. The first kappa shape index (κ1) is 12.1. The fourth-order valence-corrected chi connectivity index (χ4v) is 2.32. The number of carbonyl (C=O) groups excluding carboxylic acids is 1. The van der Waals surface area contributed by atoms with Gasteiger partial charge in [-0.3, -0.25) is 0 Å². The molecule has 0 aromatic carbocycles. The van der Waals surface area contributed by atoms with E-state index in [1.165, 1.54) is 18.4 Å². The number of nitrogens with one attached hydrogen (secondary N) is 1. The molecule has 17 heavy (non-hydrogen) atoms. The minimum absolute atomic E-state index is 0.363. The van der Waals surface area contributed by atoms with Gasteiger partial charge in [0, 0.05) is 11.3 Å². The molecule has 0 atom stereocenters. The molecule has 1 fully saturated rings. The molecule has 0 amide bonds. The van der Waals surface area contributed by atoms with E-state index in [9.17, 15) is 4.79 Å². The first-order valence-corrected chi connectivity index (χ1v) is 6.43. The summed E-state index contributed by atoms with van der Waals surface area (Å²) in [7, 11) is 1.35. The van der Waals surface area contributed by atoms with E-state index in [2.05, 4.69) is 26.9 Å². The highest BCUT2D eigenvalue weighted by Gasteiger charge is 2.11. The van der Waals surface area contributed by atoms with E-state index >= 15 is 0 Å². The van der Waals surface area contributed by atoms with Crippen LogP contribution in [0.4, 0.5) is 0 Å². The van der Waals surface area contributed by atoms with Crippen molar-refractivity contribution in [2.75, 3.05) is 20.2 Å². The summed E-state index contributed by atoms with van der Waals surface area (Å²) in [5.41, 5.74) is 0.661. The van der Waals surface area contributed by atoms with Crippen LogP contribution in [0, 0.1) is 17.8 Å². The van der Waals surface area contributed by atoms with Crippen molar-refractivity contribution in [1.29, 1.82) is 0 Å². The maximum absolute atomic E-state index is 11.2. The van der Waals surface area contributed by atoms with Crippen molar-refractivity contribution in [3.63, 3.8) is 0 Å². The van der Waals surface area contributed by atoms with E-state index in [1.807, 2.05) is 0 Å². The highest BCUT2D eigenvalue weighted by atomic mass is 32.1. The second-order valence-corrected chi connectivity index (χ2v) is 4.68. The predicted octanol–water partition coefficient (Wildman–Crippen LogP) is 1.28. The van der Waals surface area contributed by atoms with Crippen LogP contribution in [0.1, 0.15) is 28.3 Å². The lowest BCUT2D eigenvalue weighted by Crippen LogP contribution is -2.26. The van der Waals surface area contributed by atoms with Crippen molar-refractivity contribution in [1.82, 2.24) is 10.3 Å². The van der Waals surface area contributed by atoms with Crippen LogP contribution in [-0.2, 0) is 4.74 Å². The molecular weight excluding hydrogens is 236 g/mol. The highest BCUT2D eigenvalue weighted by molar-refractivity contribution is 7.11. The molecule has 0 spiro atoms. The normalized spacial score (nSPS) is 16.1. The lowest BCUT2D eigenvalue weighted by molar-refractivity contribution is 0.0600. The molecule has 0 aliphatic carbocycles. The fourth-order valence-electron chi connectivity index (χ4n) is 1.65. The quantitative estimate of drug-likeness (QED) is 0.602. The van der Waals surface area contributed by atoms with E-state index in [4.69, 9.17) is 0 Å². The van der Waals surface area contributed by atoms with Gasteiger partial charge in [-0.15, -0.1) is 11.3 Å². The molecule has 0 radical (unpaired) electrons. The van der Waals surface area contributed by atoms with Gasteiger partial charge in [-0.25, -0.2) is 9.78 Å². The maximum Gasteiger partial charge on any atom is 0.367 e. The Morgan fingerprint density at radius 2 is 2.35 bits per heavy atom. The van der Waals surface area contributed by atoms with Gasteiger partial charge in [0.1, 0.15) is 5.69 Å². The first-order valence-electron chi connectivity index (χ1n) is 5.55. The number of thiazole rings is 1. The van der Waals surface area contributed by atoms with Crippen LogP contribution in [0.5, 0.6) is 0 Å². The largest absolute Gasteiger partial charge is 0.464 e. The SMILES string of the molecule is COC(=O)c1nc(C#CC2CCNCC2)cs1. The summed E-state index contributed by atoms with van der Waals surface area (Å²) in [4.78, 5) is 15.3. The van der Waals surface area contributed by atoms with Crippen molar-refractivity contribution in [3.05, 3.63) is 16.1 Å². The minimum atomic E-state index is -0.398. The molecule has 2 heterocycles. The highest BCUT2D eigenvalue weighted by Crippen LogP contribution is 2.12. The molecule has 1 N–H and O–H groups in total. The van der Waals surface area contributed by atoms with Gasteiger partial charge >= 0.3 is 5.97 Å². The molecule has 5 heteroatoms. The van der Waals surface area contributed by atoms with Gasteiger partial charge in [-0.1, -0.05) is 5.92 Å². The molecule has 90 valence electrons. The van der Waals surface area contributed by atoms with Gasteiger partial charge in [0.05, 0.1) is 7.11 Å². The zero-order valence-corrected chi connectivity index (χ0v) is 10.5. The number of rotatable bonds is 1. The number of hydrogen-bond acceptors (Lipinski definition) is 5. The summed E-state index contributed by atoms with van der Waals surface area (Å²) in [6.45, 7) is 2.06. The van der Waals surface area contributed by atoms with Gasteiger partial charge < -0.3 is 10.1 Å². The van der Waals surface area contributed by atoms with Crippen LogP contribution < -0.4 is 5.32 Å². The molecular formula is C12H14N2O2S. The third-order valence-corrected chi connectivity index (χ3v) is 3.43. The Bertz CT molecular complexity index is 453. The van der Waals surface area contributed by atoms with Crippen LogP contribution in [0.3, 0.4) is 0 Å². The molecule has 0 unspecified atom stereocenters. The lowest BCUT2D eigenvalue weighted by atomic mass is 9.99. The molecule has 1 aliphatic rings. The van der Waals surface area contributed by atoms with E-state index in [1.54, 1.807) is 5.38 Å². The van der Waals surface area contributed by atoms with Crippen LogP contribution in [-0.4, -0.2) is 31.2 Å². The second-order valence-electron chi connectivity index (χ2n) is 3.82. The molecule has 0 saturated carbocycles. The van der Waals surface area contributed by atoms with Gasteiger partial charge in [0.2, 0.25) is 5.01 Å². The number of piperidine rings is 1. The number of methoxy groups -OCH3 is 1. The Kier molecular flexibility index (Phi) is 4.13. The molecule has 1 aromatic heterocycles. The predicted molar refractivity (Wildman–Crippen MR) is 65.9 cm³/mol. The minimum Gasteiger partial charge on any atom is -0.464 e. The second kappa shape index (κ2) is 5.80. The number of aromatic nitrogens is 1. The van der Waals surface area contributed by atoms with E-state index < -0.39 is 5.97 Å². The Balaban J connectivity index is 2.01. The zero-order valence-electron chi connectivity index (χ0n) is 9.66. The van der Waals surface area contributed by atoms with Crippen molar-refractivity contribution in [2.24, 2.45) is 5.92 Å². The summed E-state index contributed by atoms with van der Waals surface area (Å²) in [5, 5.41) is 5.45. The van der Waals surface area contributed by atoms with Crippen LogP contribution in [0.25, 0.3) is 0 Å². The number of hydrogen-bond donors (Lipinski definition) is 1. The monoisotopic (exact) mass is 250 g/mol. The summed E-state index contributed by atoms with van der Waals surface area (Å²) in [6.07, 6.45) is 2.17. The third kappa shape index (κ3) is 3.29. The molecule has 1 aliphatic heterocycles. The van der Waals surface area contributed by atoms with E-state index in [-0.39, 0.29) is 0 Å². The Morgan fingerprint density at radius 3 is 3.06 bits per heavy atom. The topological polar surface area (TPSA) is 51.2 Å². The lowest BCUT2D eigenvalue weighted by Gasteiger charge is -2.16. The van der Waals surface area contributed by atoms with Crippen LogP contribution in [0.15, 0.2) is 5.38 Å². The molecule has 4 nitrogen and oxygen atoms in total. The summed E-state index contributed by atoms with van der Waals surface area (Å²) >= 11 is 1.27. The standard InChI is InChI=1S/C12H14N2O2S/c1-16-12(15)11-14-10(8-17-11)3-2-9-4-6-13-7-5-9/h8-9,13H,4-7H2,1H3. The van der Waals surface area contributed by atoms with Crippen molar-refractivity contribution in [2.45, 2.75) is 12.8 Å². The zero-order chi connectivity index (χ0) is 12.1. The molecule has 2 rings (SSSR count). The van der Waals surface area contributed by atoms with Gasteiger partial charge in [-0.05, 0) is 31.9 Å². The summed E-state index contributed by atoms with van der Waals surface area (Å²) in [5.74, 6) is 6.28. The fraction of sp³-hybridized carbons (Fsp3) is 0.500. The number of ether oxygens (including phenoxy) is 1. The molecule has 1 aromatic rings. The number of nitrogens with zero attached hydrogens (tertiary/aromatic N) is 1. The summed E-state index contributed by atoms with van der Waals surface area (Å²) < 4.78 is 4.60.